The Morgan fingerprint density at radius 3 is 2.69 bits per heavy atom. The summed E-state index contributed by atoms with van der Waals surface area (Å²) in [6.07, 6.45) is 2.32. The molecule has 16 heavy (non-hydrogen) atoms. The van der Waals surface area contributed by atoms with Crippen LogP contribution < -0.4 is 0 Å². The number of aryl methyl sites for hydroxylation is 1. The van der Waals surface area contributed by atoms with Gasteiger partial charge in [-0.1, -0.05) is 0 Å². The fourth-order valence-electron chi connectivity index (χ4n) is 2.03. The zero-order chi connectivity index (χ0) is 11.7. The van der Waals surface area contributed by atoms with E-state index in [1.807, 2.05) is 24.6 Å². The van der Waals surface area contributed by atoms with Crippen molar-refractivity contribution in [3.05, 3.63) is 35.8 Å². The third-order valence-corrected chi connectivity index (χ3v) is 2.80. The van der Waals surface area contributed by atoms with Crippen molar-refractivity contribution in [2.24, 2.45) is 0 Å². The topological polar surface area (TPSA) is 4.93 Å². The van der Waals surface area contributed by atoms with Crippen molar-refractivity contribution >= 4 is 10.9 Å². The first-order valence-electron chi connectivity index (χ1n) is 5.48. The van der Waals surface area contributed by atoms with Gasteiger partial charge in [-0.3, -0.25) is 4.39 Å². The summed E-state index contributed by atoms with van der Waals surface area (Å²) in [4.78, 5) is 0. The Hall–Kier alpha value is -1.38. The molecule has 0 atom stereocenters. The van der Waals surface area contributed by atoms with Gasteiger partial charge < -0.3 is 4.57 Å². The van der Waals surface area contributed by atoms with Gasteiger partial charge >= 0.3 is 0 Å². The lowest BCUT2D eigenvalue weighted by Gasteiger charge is -2.08. The van der Waals surface area contributed by atoms with E-state index in [4.69, 9.17) is 0 Å². The lowest BCUT2D eigenvalue weighted by Crippen LogP contribution is -1.98. The first kappa shape index (κ1) is 11.1. The standard InChI is InChI=1S/C13H15F2N/c1-9(2)16-8-10(5-6-14)12-4-3-11(15)7-13(12)16/h3-4,7-9H,5-6H2,1-2H3. The van der Waals surface area contributed by atoms with Gasteiger partial charge in [-0.2, -0.15) is 0 Å². The van der Waals surface area contributed by atoms with Crippen LogP contribution >= 0.6 is 0 Å². The van der Waals surface area contributed by atoms with Crippen LogP contribution in [0.3, 0.4) is 0 Å². The van der Waals surface area contributed by atoms with E-state index in [2.05, 4.69) is 0 Å². The van der Waals surface area contributed by atoms with E-state index in [0.29, 0.717) is 6.42 Å². The van der Waals surface area contributed by atoms with Gasteiger partial charge in [0.15, 0.2) is 0 Å². The second-order valence-electron chi connectivity index (χ2n) is 4.26. The fraction of sp³-hybridized carbons (Fsp3) is 0.385. The van der Waals surface area contributed by atoms with E-state index in [9.17, 15) is 8.78 Å². The molecule has 1 nitrogen and oxygen atoms in total. The summed E-state index contributed by atoms with van der Waals surface area (Å²) in [6.45, 7) is 3.68. The number of alkyl halides is 1. The third kappa shape index (κ3) is 1.82. The van der Waals surface area contributed by atoms with Crippen molar-refractivity contribution in [2.75, 3.05) is 6.67 Å². The Morgan fingerprint density at radius 2 is 2.06 bits per heavy atom. The largest absolute Gasteiger partial charge is 0.345 e. The summed E-state index contributed by atoms with van der Waals surface area (Å²) in [5, 5.41) is 0.952. The summed E-state index contributed by atoms with van der Waals surface area (Å²) in [5.74, 6) is -0.251. The molecule has 3 heteroatoms. The second-order valence-corrected chi connectivity index (χ2v) is 4.26. The Labute approximate surface area is 93.7 Å². The Balaban J connectivity index is 2.66. The Kier molecular flexibility index (Phi) is 2.95. The molecule has 1 aromatic heterocycles. The highest BCUT2D eigenvalue weighted by molar-refractivity contribution is 5.84. The van der Waals surface area contributed by atoms with Gasteiger partial charge in [0, 0.05) is 24.0 Å². The minimum atomic E-state index is -0.380. The molecular formula is C13H15F2N. The smallest absolute Gasteiger partial charge is 0.125 e. The van der Waals surface area contributed by atoms with E-state index < -0.39 is 0 Å². The molecule has 86 valence electrons. The first-order valence-corrected chi connectivity index (χ1v) is 5.48. The van der Waals surface area contributed by atoms with Gasteiger partial charge in [-0.05, 0) is 37.6 Å². The second kappa shape index (κ2) is 4.24. The molecule has 1 aromatic carbocycles. The van der Waals surface area contributed by atoms with Crippen LogP contribution in [0.15, 0.2) is 24.4 Å². The molecule has 0 unspecified atom stereocenters. The van der Waals surface area contributed by atoms with Crippen LogP contribution in [0.25, 0.3) is 10.9 Å². The number of aromatic nitrogens is 1. The molecule has 2 rings (SSSR count). The Bertz CT molecular complexity index is 500. The van der Waals surface area contributed by atoms with E-state index >= 15 is 0 Å². The predicted molar refractivity (Wildman–Crippen MR) is 62.0 cm³/mol. The fourth-order valence-corrected chi connectivity index (χ4v) is 2.03. The molecule has 0 saturated carbocycles. The zero-order valence-electron chi connectivity index (χ0n) is 9.50. The SMILES string of the molecule is CC(C)n1cc(CCF)c2ccc(F)cc21. The van der Waals surface area contributed by atoms with E-state index in [1.165, 1.54) is 12.1 Å². The van der Waals surface area contributed by atoms with Crippen molar-refractivity contribution in [1.82, 2.24) is 4.57 Å². The number of hydrogen-bond donors (Lipinski definition) is 0. The van der Waals surface area contributed by atoms with Crippen molar-refractivity contribution in [3.8, 4) is 0 Å². The number of rotatable bonds is 3. The Morgan fingerprint density at radius 1 is 1.31 bits per heavy atom. The zero-order valence-corrected chi connectivity index (χ0v) is 9.50. The highest BCUT2D eigenvalue weighted by Crippen LogP contribution is 2.25. The summed E-state index contributed by atoms with van der Waals surface area (Å²) in [7, 11) is 0. The monoisotopic (exact) mass is 223 g/mol. The summed E-state index contributed by atoms with van der Waals surface area (Å²) in [6, 6.07) is 4.91. The lowest BCUT2D eigenvalue weighted by atomic mass is 10.1. The minimum absolute atomic E-state index is 0.248. The molecule has 0 fully saturated rings. The predicted octanol–water partition coefficient (Wildman–Crippen LogP) is 3.87. The molecule has 0 saturated heterocycles. The molecule has 2 aromatic rings. The van der Waals surface area contributed by atoms with Gasteiger partial charge in [0.1, 0.15) is 5.82 Å². The third-order valence-electron chi connectivity index (χ3n) is 2.80. The maximum Gasteiger partial charge on any atom is 0.125 e. The lowest BCUT2D eigenvalue weighted by molar-refractivity contribution is 0.495. The van der Waals surface area contributed by atoms with E-state index in [0.717, 1.165) is 16.5 Å². The molecule has 0 aliphatic heterocycles. The van der Waals surface area contributed by atoms with Crippen molar-refractivity contribution in [1.29, 1.82) is 0 Å². The molecule has 0 aliphatic rings. The maximum atomic E-state index is 13.2. The van der Waals surface area contributed by atoms with E-state index in [-0.39, 0.29) is 18.5 Å². The average Bonchev–Trinajstić information content (AvgIpc) is 2.57. The number of benzene rings is 1. The van der Waals surface area contributed by atoms with Crippen LogP contribution in [-0.4, -0.2) is 11.2 Å². The van der Waals surface area contributed by atoms with E-state index in [1.54, 1.807) is 6.07 Å². The number of nitrogens with zero attached hydrogens (tertiary/aromatic N) is 1. The molecule has 0 amide bonds. The number of halogens is 2. The average molecular weight is 223 g/mol. The van der Waals surface area contributed by atoms with Crippen LogP contribution in [0.1, 0.15) is 25.5 Å². The van der Waals surface area contributed by atoms with Crippen LogP contribution in [0, 0.1) is 5.82 Å². The molecule has 0 N–H and O–H groups in total. The minimum Gasteiger partial charge on any atom is -0.345 e. The molecule has 0 bridgehead atoms. The molecular weight excluding hydrogens is 208 g/mol. The van der Waals surface area contributed by atoms with Crippen molar-refractivity contribution in [3.63, 3.8) is 0 Å². The van der Waals surface area contributed by atoms with Gasteiger partial charge in [0.05, 0.1) is 12.2 Å². The summed E-state index contributed by atoms with van der Waals surface area (Å²) < 4.78 is 27.6. The van der Waals surface area contributed by atoms with Gasteiger partial charge in [0.2, 0.25) is 0 Å². The number of hydrogen-bond acceptors (Lipinski definition) is 0. The molecule has 0 radical (unpaired) electrons. The van der Waals surface area contributed by atoms with Crippen LogP contribution in [0.2, 0.25) is 0 Å². The van der Waals surface area contributed by atoms with Crippen molar-refractivity contribution in [2.45, 2.75) is 26.3 Å². The maximum absolute atomic E-state index is 13.2. The highest BCUT2D eigenvalue weighted by atomic mass is 19.1. The first-order chi connectivity index (χ1) is 7.63. The molecule has 1 heterocycles. The quantitative estimate of drug-likeness (QED) is 0.744. The molecule has 0 spiro atoms. The van der Waals surface area contributed by atoms with Gasteiger partial charge in [-0.15, -0.1) is 0 Å². The van der Waals surface area contributed by atoms with Crippen LogP contribution in [0.4, 0.5) is 8.78 Å². The summed E-state index contributed by atoms with van der Waals surface area (Å²) in [5.41, 5.74) is 1.80. The highest BCUT2D eigenvalue weighted by Gasteiger charge is 2.10. The van der Waals surface area contributed by atoms with Crippen LogP contribution in [-0.2, 0) is 6.42 Å². The van der Waals surface area contributed by atoms with Crippen molar-refractivity contribution < 1.29 is 8.78 Å². The summed E-state index contributed by atoms with van der Waals surface area (Å²) >= 11 is 0. The normalized spacial score (nSPS) is 11.6. The van der Waals surface area contributed by atoms with Crippen LogP contribution in [0.5, 0.6) is 0 Å². The molecule has 0 aliphatic carbocycles. The van der Waals surface area contributed by atoms with Gasteiger partial charge in [-0.25, -0.2) is 4.39 Å². The number of fused-ring (bicyclic) bond motifs is 1. The van der Waals surface area contributed by atoms with Gasteiger partial charge in [0.25, 0.3) is 0 Å².